The van der Waals surface area contributed by atoms with Crippen LogP contribution in [-0.2, 0) is 9.59 Å². The first-order chi connectivity index (χ1) is 7.90. The van der Waals surface area contributed by atoms with Gasteiger partial charge >= 0.3 is 5.97 Å². The van der Waals surface area contributed by atoms with E-state index in [2.05, 4.69) is 19.2 Å². The third-order valence-corrected chi connectivity index (χ3v) is 3.00. The Morgan fingerprint density at radius 1 is 1.59 bits per heavy atom. The molecule has 0 bridgehead atoms. The molecule has 0 aromatic carbocycles. The van der Waals surface area contributed by atoms with Crippen LogP contribution in [0.25, 0.3) is 0 Å². The summed E-state index contributed by atoms with van der Waals surface area (Å²) in [5, 5.41) is 11.6. The minimum Gasteiger partial charge on any atom is -0.481 e. The zero-order valence-corrected chi connectivity index (χ0v) is 10.8. The van der Waals surface area contributed by atoms with E-state index < -0.39 is 12.0 Å². The molecular formula is C12H22N2O3. The van der Waals surface area contributed by atoms with Gasteiger partial charge in [0.05, 0.1) is 12.5 Å². The van der Waals surface area contributed by atoms with Crippen molar-refractivity contribution >= 4 is 11.9 Å². The van der Waals surface area contributed by atoms with Crippen molar-refractivity contribution in [1.82, 2.24) is 10.2 Å². The van der Waals surface area contributed by atoms with Gasteiger partial charge in [0.15, 0.2) is 0 Å². The number of carboxylic acids is 1. The molecule has 0 aromatic heterocycles. The maximum absolute atomic E-state index is 11.8. The summed E-state index contributed by atoms with van der Waals surface area (Å²) >= 11 is 0. The lowest BCUT2D eigenvalue weighted by atomic mass is 10.0. The van der Waals surface area contributed by atoms with Crippen molar-refractivity contribution in [2.45, 2.75) is 45.7 Å². The van der Waals surface area contributed by atoms with Crippen LogP contribution < -0.4 is 5.32 Å². The Morgan fingerprint density at radius 2 is 2.24 bits per heavy atom. The fourth-order valence-electron chi connectivity index (χ4n) is 2.09. The van der Waals surface area contributed by atoms with Gasteiger partial charge in [-0.15, -0.1) is 0 Å². The smallest absolute Gasteiger partial charge is 0.305 e. The molecule has 1 aliphatic rings. The molecule has 1 rings (SSSR count). The Labute approximate surface area is 102 Å². The number of aliphatic carboxylic acids is 1. The van der Waals surface area contributed by atoms with Gasteiger partial charge in [0.2, 0.25) is 5.91 Å². The van der Waals surface area contributed by atoms with Gasteiger partial charge in [0.25, 0.3) is 0 Å². The van der Waals surface area contributed by atoms with Crippen molar-refractivity contribution in [3.05, 3.63) is 0 Å². The van der Waals surface area contributed by atoms with Crippen LogP contribution >= 0.6 is 0 Å². The van der Waals surface area contributed by atoms with Gasteiger partial charge in [-0.3, -0.25) is 14.5 Å². The minimum atomic E-state index is -0.922. The predicted octanol–water partition coefficient (Wildman–Crippen LogP) is 0.696. The van der Waals surface area contributed by atoms with E-state index in [0.29, 0.717) is 5.92 Å². The van der Waals surface area contributed by atoms with E-state index in [-0.39, 0.29) is 18.4 Å². The van der Waals surface area contributed by atoms with Crippen LogP contribution in [0.1, 0.15) is 33.6 Å². The van der Waals surface area contributed by atoms with Gasteiger partial charge in [0.1, 0.15) is 0 Å². The largest absolute Gasteiger partial charge is 0.481 e. The first-order valence-electron chi connectivity index (χ1n) is 6.16. The summed E-state index contributed by atoms with van der Waals surface area (Å²) in [6.45, 7) is 7.71. The second-order valence-electron chi connectivity index (χ2n) is 5.20. The lowest BCUT2D eigenvalue weighted by Gasteiger charge is -2.37. The molecule has 2 atom stereocenters. The topological polar surface area (TPSA) is 69.6 Å². The van der Waals surface area contributed by atoms with Crippen LogP contribution in [0, 0.1) is 5.92 Å². The molecule has 2 unspecified atom stereocenters. The summed E-state index contributed by atoms with van der Waals surface area (Å²) in [5.41, 5.74) is 0. The van der Waals surface area contributed by atoms with E-state index in [0.717, 1.165) is 19.5 Å². The SMILES string of the molecule is CC(C)CCN1CC(C)NC(=O)C1CC(=O)O. The van der Waals surface area contributed by atoms with E-state index in [1.807, 2.05) is 11.8 Å². The molecule has 1 fully saturated rings. The third-order valence-electron chi connectivity index (χ3n) is 3.00. The number of hydrogen-bond acceptors (Lipinski definition) is 3. The number of rotatable bonds is 5. The van der Waals surface area contributed by atoms with Crippen molar-refractivity contribution < 1.29 is 14.7 Å². The Kier molecular flexibility index (Phi) is 4.93. The van der Waals surface area contributed by atoms with Crippen LogP contribution in [-0.4, -0.2) is 47.1 Å². The van der Waals surface area contributed by atoms with E-state index in [9.17, 15) is 9.59 Å². The molecule has 5 heteroatoms. The molecule has 17 heavy (non-hydrogen) atoms. The van der Waals surface area contributed by atoms with Gasteiger partial charge in [-0.25, -0.2) is 0 Å². The molecule has 0 aliphatic carbocycles. The number of hydrogen-bond donors (Lipinski definition) is 2. The minimum absolute atomic E-state index is 0.0970. The van der Waals surface area contributed by atoms with E-state index in [1.54, 1.807) is 0 Å². The molecule has 1 amide bonds. The van der Waals surface area contributed by atoms with Gasteiger partial charge in [-0.1, -0.05) is 13.8 Å². The number of carbonyl (C=O) groups excluding carboxylic acids is 1. The molecule has 1 aliphatic heterocycles. The highest BCUT2D eigenvalue weighted by Gasteiger charge is 2.33. The Morgan fingerprint density at radius 3 is 2.76 bits per heavy atom. The van der Waals surface area contributed by atoms with Gasteiger partial charge in [-0.05, 0) is 25.8 Å². The first-order valence-corrected chi connectivity index (χ1v) is 6.16. The van der Waals surface area contributed by atoms with Gasteiger partial charge < -0.3 is 10.4 Å². The number of nitrogens with zero attached hydrogens (tertiary/aromatic N) is 1. The van der Waals surface area contributed by atoms with Gasteiger partial charge in [-0.2, -0.15) is 0 Å². The number of carbonyl (C=O) groups is 2. The number of nitrogens with one attached hydrogen (secondary N) is 1. The zero-order valence-electron chi connectivity index (χ0n) is 10.8. The second kappa shape index (κ2) is 6.00. The number of piperazine rings is 1. The van der Waals surface area contributed by atoms with Crippen molar-refractivity contribution in [3.8, 4) is 0 Å². The molecule has 98 valence electrons. The Hall–Kier alpha value is -1.10. The van der Waals surface area contributed by atoms with E-state index in [1.165, 1.54) is 0 Å². The van der Waals surface area contributed by atoms with Crippen molar-refractivity contribution in [1.29, 1.82) is 0 Å². The lowest BCUT2D eigenvalue weighted by molar-refractivity contribution is -0.143. The molecule has 2 N–H and O–H groups in total. The molecule has 1 heterocycles. The number of carboxylic acid groups (broad SMARTS) is 1. The highest BCUT2D eigenvalue weighted by Crippen LogP contribution is 2.14. The molecular weight excluding hydrogens is 220 g/mol. The van der Waals surface area contributed by atoms with Crippen LogP contribution in [0.3, 0.4) is 0 Å². The zero-order chi connectivity index (χ0) is 13.0. The average molecular weight is 242 g/mol. The Balaban J connectivity index is 2.64. The highest BCUT2D eigenvalue weighted by molar-refractivity contribution is 5.87. The summed E-state index contributed by atoms with van der Waals surface area (Å²) in [4.78, 5) is 24.5. The third kappa shape index (κ3) is 4.34. The monoisotopic (exact) mass is 242 g/mol. The van der Waals surface area contributed by atoms with Crippen molar-refractivity contribution in [2.75, 3.05) is 13.1 Å². The molecule has 5 nitrogen and oxygen atoms in total. The van der Waals surface area contributed by atoms with E-state index in [4.69, 9.17) is 5.11 Å². The summed E-state index contributed by atoms with van der Waals surface area (Å²) in [5.74, 6) is -0.523. The Bertz CT molecular complexity index is 291. The summed E-state index contributed by atoms with van der Waals surface area (Å²) < 4.78 is 0. The molecule has 0 radical (unpaired) electrons. The molecule has 0 spiro atoms. The van der Waals surface area contributed by atoms with Gasteiger partial charge in [0, 0.05) is 12.6 Å². The average Bonchev–Trinajstić information content (AvgIpc) is 2.18. The fourth-order valence-corrected chi connectivity index (χ4v) is 2.09. The fraction of sp³-hybridized carbons (Fsp3) is 0.833. The predicted molar refractivity (Wildman–Crippen MR) is 64.7 cm³/mol. The second-order valence-corrected chi connectivity index (χ2v) is 5.20. The first kappa shape index (κ1) is 14.0. The maximum atomic E-state index is 11.8. The molecule has 1 saturated heterocycles. The lowest BCUT2D eigenvalue weighted by Crippen LogP contribution is -2.59. The van der Waals surface area contributed by atoms with Crippen molar-refractivity contribution in [3.63, 3.8) is 0 Å². The summed E-state index contributed by atoms with van der Waals surface area (Å²) in [6.07, 6.45) is 0.868. The standard InChI is InChI=1S/C12H22N2O3/c1-8(2)4-5-14-7-9(3)13-12(17)10(14)6-11(15)16/h8-10H,4-7H2,1-3H3,(H,13,17)(H,15,16). The van der Waals surface area contributed by atoms with Crippen molar-refractivity contribution in [2.24, 2.45) is 5.92 Å². The molecule has 0 saturated carbocycles. The molecule has 0 aromatic rings. The normalized spacial score (nSPS) is 26.0. The summed E-state index contributed by atoms with van der Waals surface area (Å²) in [6, 6.07) is -0.415. The van der Waals surface area contributed by atoms with Crippen LogP contribution in [0.15, 0.2) is 0 Å². The van der Waals surface area contributed by atoms with E-state index >= 15 is 0 Å². The number of amides is 1. The van der Waals surface area contributed by atoms with Crippen LogP contribution in [0.5, 0.6) is 0 Å². The summed E-state index contributed by atoms with van der Waals surface area (Å²) in [7, 11) is 0. The van der Waals surface area contributed by atoms with Crippen LogP contribution in [0.4, 0.5) is 0 Å². The van der Waals surface area contributed by atoms with Crippen LogP contribution in [0.2, 0.25) is 0 Å². The quantitative estimate of drug-likeness (QED) is 0.744. The maximum Gasteiger partial charge on any atom is 0.305 e. The highest BCUT2D eigenvalue weighted by atomic mass is 16.4.